The normalized spacial score (nSPS) is 18.6. The van der Waals surface area contributed by atoms with Crippen molar-refractivity contribution in [3.63, 3.8) is 0 Å². The van der Waals surface area contributed by atoms with E-state index in [-0.39, 0.29) is 19.4 Å². The zero-order chi connectivity index (χ0) is 64.6. The van der Waals surface area contributed by atoms with Gasteiger partial charge in [0.25, 0.3) is 0 Å². The SMILES string of the molecule is CCCCC/C=C\C/C=C\C/C=C\C/C=C\CCCCCCCCCC(=O)OC1C(OCC(NC(=O)C(O)CCCCCCCCCCCCCCCC/C=C\C/C=C\CCCCC)C(O)/C=C/CCCCCCCCCCCCC)OC(CO)C(O)C1O. The molecule has 0 aliphatic carbocycles. The Labute approximate surface area is 546 Å². The van der Waals surface area contributed by atoms with Gasteiger partial charge in [-0.25, -0.2) is 0 Å². The minimum atomic E-state index is -1.62. The summed E-state index contributed by atoms with van der Waals surface area (Å²) in [5, 5.41) is 57.4. The monoisotopic (exact) mass is 1250 g/mol. The van der Waals surface area contributed by atoms with Crippen LogP contribution in [0.4, 0.5) is 0 Å². The average molecular weight is 1250 g/mol. The van der Waals surface area contributed by atoms with Gasteiger partial charge < -0.3 is 45.1 Å². The highest BCUT2D eigenvalue weighted by Crippen LogP contribution is 2.26. The molecule has 0 spiro atoms. The van der Waals surface area contributed by atoms with Crippen LogP contribution in [-0.4, -0.2) is 99.6 Å². The third kappa shape index (κ3) is 52.0. The molecule has 0 saturated carbocycles. The summed E-state index contributed by atoms with van der Waals surface area (Å²) in [6.07, 6.45) is 76.1. The maximum atomic E-state index is 13.5. The third-order valence-corrected chi connectivity index (χ3v) is 17.3. The summed E-state index contributed by atoms with van der Waals surface area (Å²) in [5.74, 6) is -1.20. The first-order valence-corrected chi connectivity index (χ1v) is 37.4. The minimum Gasteiger partial charge on any atom is -0.454 e. The molecule has 1 amide bonds. The standard InChI is InChI=1S/C78H139NO10/c1-4-7-10-13-16-19-22-25-27-29-31-33-35-37-38-40-42-44-47-50-53-56-59-62-65-71(82)77(86)79-69(70(81)64-61-58-55-52-49-46-24-21-18-15-12-9-6-3)68-87-78-76(75(85)74(84)72(67-80)88-78)89-73(83)66-63-60-57-54-51-48-45-43-41-39-36-34-32-30-28-26-23-20-17-14-11-8-5-2/h16-17,19-20,25-28,32,34,39,41,61,64,69-72,74-76,78,80-82,84-85H,4-15,18,21-24,29-31,33,35-38,40,42-60,62-63,65-68H2,1-3H3,(H,79,86)/b19-16-,20-17-,27-25-,28-26-,34-32-,41-39-,64-61+. The van der Waals surface area contributed by atoms with Crippen molar-refractivity contribution in [1.82, 2.24) is 5.32 Å². The van der Waals surface area contributed by atoms with Gasteiger partial charge in [0.2, 0.25) is 5.91 Å². The fraction of sp³-hybridized carbons (Fsp3) is 0.795. The van der Waals surface area contributed by atoms with E-state index in [4.69, 9.17) is 14.2 Å². The Hall–Kier alpha value is -3.16. The molecule has 1 saturated heterocycles. The average Bonchev–Trinajstić information content (AvgIpc) is 3.20. The van der Waals surface area contributed by atoms with E-state index in [1.54, 1.807) is 6.08 Å². The van der Waals surface area contributed by atoms with Gasteiger partial charge in [-0.15, -0.1) is 0 Å². The van der Waals surface area contributed by atoms with Crippen molar-refractivity contribution < 1.29 is 49.3 Å². The van der Waals surface area contributed by atoms with Gasteiger partial charge in [0.1, 0.15) is 24.4 Å². The molecule has 8 unspecified atom stereocenters. The number of nitrogens with one attached hydrogen (secondary N) is 1. The van der Waals surface area contributed by atoms with E-state index in [0.717, 1.165) is 109 Å². The lowest BCUT2D eigenvalue weighted by Crippen LogP contribution is -2.61. The summed E-state index contributed by atoms with van der Waals surface area (Å²) in [4.78, 5) is 26.7. The third-order valence-electron chi connectivity index (χ3n) is 17.3. The highest BCUT2D eigenvalue weighted by Gasteiger charge is 2.47. The Balaban J connectivity index is 2.57. The second-order valence-electron chi connectivity index (χ2n) is 25.7. The number of allylic oxidation sites excluding steroid dienone is 13. The molecule has 1 heterocycles. The summed E-state index contributed by atoms with van der Waals surface area (Å²) in [7, 11) is 0. The number of aliphatic hydroxyl groups is 5. The van der Waals surface area contributed by atoms with Crippen LogP contribution >= 0.6 is 0 Å². The molecule has 516 valence electrons. The van der Waals surface area contributed by atoms with E-state index in [1.807, 2.05) is 6.08 Å². The van der Waals surface area contributed by atoms with E-state index in [9.17, 15) is 35.1 Å². The van der Waals surface area contributed by atoms with Crippen LogP contribution in [-0.2, 0) is 23.8 Å². The lowest BCUT2D eigenvalue weighted by atomic mass is 9.99. The van der Waals surface area contributed by atoms with Crippen molar-refractivity contribution in [2.45, 2.75) is 384 Å². The smallest absolute Gasteiger partial charge is 0.306 e. The van der Waals surface area contributed by atoms with Crippen molar-refractivity contribution >= 4 is 11.9 Å². The van der Waals surface area contributed by atoms with Gasteiger partial charge in [-0.2, -0.15) is 0 Å². The first kappa shape index (κ1) is 83.9. The van der Waals surface area contributed by atoms with Gasteiger partial charge in [0.05, 0.1) is 25.4 Å². The van der Waals surface area contributed by atoms with Crippen LogP contribution in [0, 0.1) is 0 Å². The Kier molecular flexibility index (Phi) is 61.2. The topological polar surface area (TPSA) is 175 Å². The summed E-state index contributed by atoms with van der Waals surface area (Å²) < 4.78 is 17.7. The molecule has 89 heavy (non-hydrogen) atoms. The second-order valence-corrected chi connectivity index (χ2v) is 25.7. The molecule has 1 aliphatic rings. The molecule has 11 heteroatoms. The van der Waals surface area contributed by atoms with Gasteiger partial charge in [-0.1, -0.05) is 311 Å². The van der Waals surface area contributed by atoms with Crippen molar-refractivity contribution in [3.05, 3.63) is 85.1 Å². The molecule has 0 aromatic rings. The van der Waals surface area contributed by atoms with Crippen molar-refractivity contribution in [1.29, 1.82) is 0 Å². The van der Waals surface area contributed by atoms with Crippen LogP contribution in [0.1, 0.15) is 335 Å². The number of amides is 1. The first-order valence-electron chi connectivity index (χ1n) is 37.4. The Morgan fingerprint density at radius 3 is 1.18 bits per heavy atom. The van der Waals surface area contributed by atoms with Crippen molar-refractivity contribution in [2.75, 3.05) is 13.2 Å². The molecule has 0 aromatic heterocycles. The molecular formula is C78H139NO10. The summed E-state index contributed by atoms with van der Waals surface area (Å²) in [5.41, 5.74) is 0. The van der Waals surface area contributed by atoms with E-state index in [2.05, 4.69) is 99.0 Å². The number of carbonyl (C=O) groups excluding carboxylic acids is 2. The number of hydrogen-bond acceptors (Lipinski definition) is 10. The fourth-order valence-corrected chi connectivity index (χ4v) is 11.4. The van der Waals surface area contributed by atoms with Crippen LogP contribution in [0.25, 0.3) is 0 Å². The first-order chi connectivity index (χ1) is 43.7. The minimum absolute atomic E-state index is 0.109. The van der Waals surface area contributed by atoms with Crippen LogP contribution in [0.15, 0.2) is 85.1 Å². The van der Waals surface area contributed by atoms with Gasteiger partial charge >= 0.3 is 5.97 Å². The number of rotatable bonds is 64. The fourth-order valence-electron chi connectivity index (χ4n) is 11.4. The molecule has 6 N–H and O–H groups in total. The van der Waals surface area contributed by atoms with E-state index >= 15 is 0 Å². The summed E-state index contributed by atoms with van der Waals surface area (Å²) >= 11 is 0. The molecule has 1 aliphatic heterocycles. The molecule has 0 radical (unpaired) electrons. The van der Waals surface area contributed by atoms with E-state index in [0.29, 0.717) is 12.8 Å². The second kappa shape index (κ2) is 64.9. The van der Waals surface area contributed by atoms with E-state index in [1.165, 1.54) is 180 Å². The van der Waals surface area contributed by atoms with Crippen molar-refractivity contribution in [3.8, 4) is 0 Å². The highest BCUT2D eigenvalue weighted by atomic mass is 16.7. The number of hydrogen-bond donors (Lipinski definition) is 6. The van der Waals surface area contributed by atoms with Gasteiger partial charge in [0, 0.05) is 6.42 Å². The van der Waals surface area contributed by atoms with Crippen molar-refractivity contribution in [2.24, 2.45) is 0 Å². The predicted molar refractivity (Wildman–Crippen MR) is 375 cm³/mol. The number of unbranched alkanes of at least 4 members (excludes halogenated alkanes) is 38. The Bertz CT molecular complexity index is 1780. The highest BCUT2D eigenvalue weighted by molar-refractivity contribution is 5.80. The lowest BCUT2D eigenvalue weighted by molar-refractivity contribution is -0.305. The number of ether oxygens (including phenoxy) is 3. The van der Waals surface area contributed by atoms with E-state index < -0.39 is 67.4 Å². The van der Waals surface area contributed by atoms with Gasteiger partial charge in [-0.3, -0.25) is 9.59 Å². The quantitative estimate of drug-likeness (QED) is 0.0195. The maximum absolute atomic E-state index is 13.5. The predicted octanol–water partition coefficient (Wildman–Crippen LogP) is 19.6. The lowest BCUT2D eigenvalue weighted by Gasteiger charge is -2.41. The Morgan fingerprint density at radius 1 is 0.438 bits per heavy atom. The molecule has 0 bridgehead atoms. The zero-order valence-electron chi connectivity index (χ0n) is 57.5. The van der Waals surface area contributed by atoms with Gasteiger partial charge in [0.15, 0.2) is 12.4 Å². The number of carbonyl (C=O) groups is 2. The van der Waals surface area contributed by atoms with Crippen LogP contribution < -0.4 is 5.32 Å². The van der Waals surface area contributed by atoms with Crippen LogP contribution in [0.3, 0.4) is 0 Å². The van der Waals surface area contributed by atoms with Crippen LogP contribution in [0.5, 0.6) is 0 Å². The van der Waals surface area contributed by atoms with Crippen LogP contribution in [0.2, 0.25) is 0 Å². The summed E-state index contributed by atoms with van der Waals surface area (Å²) in [6.45, 7) is 5.77. The maximum Gasteiger partial charge on any atom is 0.306 e. The molecule has 1 rings (SSSR count). The molecule has 8 atom stereocenters. The molecule has 1 fully saturated rings. The molecule has 11 nitrogen and oxygen atoms in total. The van der Waals surface area contributed by atoms with Gasteiger partial charge in [-0.05, 0) is 103 Å². The Morgan fingerprint density at radius 2 is 0.775 bits per heavy atom. The molecule has 0 aromatic carbocycles. The summed E-state index contributed by atoms with van der Waals surface area (Å²) in [6, 6.07) is -1.03. The zero-order valence-corrected chi connectivity index (χ0v) is 57.5. The number of aliphatic hydroxyl groups excluding tert-OH is 5. The number of esters is 1. The largest absolute Gasteiger partial charge is 0.454 e. The molecular weight excluding hydrogens is 1110 g/mol.